The molecule has 0 N–H and O–H groups in total. The first-order chi connectivity index (χ1) is 14.0. The lowest BCUT2D eigenvalue weighted by atomic mass is 10.2. The van der Waals surface area contributed by atoms with Crippen LogP contribution in [0.5, 0.6) is 0 Å². The van der Waals surface area contributed by atoms with E-state index in [1.807, 2.05) is 54.8 Å². The SMILES string of the molecule is Cc1cc(C(=O)O[C@@H](C)C(=O)N2CCc3ccccc32)c(C)n1Cc1ccco1. The van der Waals surface area contributed by atoms with E-state index in [2.05, 4.69) is 0 Å². The summed E-state index contributed by atoms with van der Waals surface area (Å²) in [5.41, 5.74) is 4.22. The first-order valence-corrected chi connectivity index (χ1v) is 9.75. The van der Waals surface area contributed by atoms with Crippen LogP contribution < -0.4 is 4.90 Å². The van der Waals surface area contributed by atoms with Gasteiger partial charge < -0.3 is 18.6 Å². The minimum absolute atomic E-state index is 0.201. The van der Waals surface area contributed by atoms with Gasteiger partial charge in [-0.05, 0) is 57.0 Å². The highest BCUT2D eigenvalue weighted by Gasteiger charge is 2.30. The third-order valence-corrected chi connectivity index (χ3v) is 5.47. The molecule has 150 valence electrons. The molecule has 1 aliphatic heterocycles. The van der Waals surface area contributed by atoms with E-state index in [0.717, 1.165) is 34.8 Å². The van der Waals surface area contributed by atoms with Crippen LogP contribution in [0.2, 0.25) is 0 Å². The van der Waals surface area contributed by atoms with Crippen LogP contribution in [0.4, 0.5) is 5.69 Å². The molecule has 3 heterocycles. The van der Waals surface area contributed by atoms with Gasteiger partial charge in [0.2, 0.25) is 0 Å². The number of esters is 1. The van der Waals surface area contributed by atoms with Crippen LogP contribution in [0.15, 0.2) is 53.1 Å². The first kappa shape index (κ1) is 19.1. The average Bonchev–Trinajstić information content (AvgIpc) is 3.43. The van der Waals surface area contributed by atoms with Crippen molar-refractivity contribution in [3.63, 3.8) is 0 Å². The lowest BCUT2D eigenvalue weighted by Gasteiger charge is -2.21. The molecule has 0 unspecified atom stereocenters. The quantitative estimate of drug-likeness (QED) is 0.618. The van der Waals surface area contributed by atoms with Gasteiger partial charge in [0.1, 0.15) is 5.76 Å². The van der Waals surface area contributed by atoms with Crippen molar-refractivity contribution in [3.8, 4) is 0 Å². The number of rotatable bonds is 5. The van der Waals surface area contributed by atoms with E-state index >= 15 is 0 Å². The summed E-state index contributed by atoms with van der Waals surface area (Å²) < 4.78 is 13.0. The molecule has 6 nitrogen and oxygen atoms in total. The number of ether oxygens (including phenoxy) is 1. The molecule has 0 fully saturated rings. The molecule has 4 rings (SSSR count). The molecule has 0 spiro atoms. The van der Waals surface area contributed by atoms with E-state index in [1.165, 1.54) is 0 Å². The van der Waals surface area contributed by atoms with Crippen LogP contribution in [0.25, 0.3) is 0 Å². The summed E-state index contributed by atoms with van der Waals surface area (Å²) in [4.78, 5) is 27.4. The number of anilines is 1. The summed E-state index contributed by atoms with van der Waals surface area (Å²) in [7, 11) is 0. The summed E-state index contributed by atoms with van der Waals surface area (Å²) in [6.45, 7) is 6.58. The molecule has 0 saturated heterocycles. The van der Waals surface area contributed by atoms with E-state index in [9.17, 15) is 9.59 Å². The monoisotopic (exact) mass is 392 g/mol. The number of carbonyl (C=O) groups is 2. The van der Waals surface area contributed by atoms with Crippen molar-refractivity contribution in [1.29, 1.82) is 0 Å². The third-order valence-electron chi connectivity index (χ3n) is 5.47. The Morgan fingerprint density at radius 2 is 1.97 bits per heavy atom. The van der Waals surface area contributed by atoms with Crippen LogP contribution in [0.3, 0.4) is 0 Å². The van der Waals surface area contributed by atoms with Crippen molar-refractivity contribution in [3.05, 3.63) is 77.0 Å². The van der Waals surface area contributed by atoms with E-state index in [-0.39, 0.29) is 5.91 Å². The number of nitrogens with zero attached hydrogens (tertiary/aromatic N) is 2. The van der Waals surface area contributed by atoms with Gasteiger partial charge in [-0.25, -0.2) is 4.79 Å². The highest BCUT2D eigenvalue weighted by atomic mass is 16.5. The smallest absolute Gasteiger partial charge is 0.340 e. The van der Waals surface area contributed by atoms with E-state index in [0.29, 0.717) is 18.7 Å². The summed E-state index contributed by atoms with van der Waals surface area (Å²) in [5.74, 6) is 0.118. The Labute approximate surface area is 169 Å². The minimum atomic E-state index is -0.859. The van der Waals surface area contributed by atoms with E-state index in [1.54, 1.807) is 24.2 Å². The Bertz CT molecular complexity index is 1050. The van der Waals surface area contributed by atoms with Gasteiger partial charge in [0.15, 0.2) is 6.10 Å². The molecule has 0 radical (unpaired) electrons. The fourth-order valence-electron chi connectivity index (χ4n) is 3.87. The van der Waals surface area contributed by atoms with Crippen molar-refractivity contribution in [1.82, 2.24) is 4.57 Å². The maximum atomic E-state index is 12.9. The molecule has 0 saturated carbocycles. The Hall–Kier alpha value is -3.28. The van der Waals surface area contributed by atoms with Crippen molar-refractivity contribution in [2.45, 2.75) is 39.8 Å². The molecule has 0 aliphatic carbocycles. The van der Waals surface area contributed by atoms with Gasteiger partial charge in [0.05, 0.1) is 18.4 Å². The number of aryl methyl sites for hydroxylation is 1. The van der Waals surface area contributed by atoms with Crippen LogP contribution in [0, 0.1) is 13.8 Å². The second-order valence-electron chi connectivity index (χ2n) is 7.37. The summed E-state index contributed by atoms with van der Waals surface area (Å²) >= 11 is 0. The maximum Gasteiger partial charge on any atom is 0.340 e. The molecule has 1 atom stereocenters. The zero-order valence-corrected chi connectivity index (χ0v) is 16.8. The fourth-order valence-corrected chi connectivity index (χ4v) is 3.87. The first-order valence-electron chi connectivity index (χ1n) is 9.75. The standard InChI is InChI=1S/C23H24N2O4/c1-15-13-20(16(2)25(15)14-19-8-6-12-28-19)23(27)29-17(3)22(26)24-11-10-18-7-4-5-9-21(18)24/h4-9,12-13,17H,10-11,14H2,1-3H3/t17-/m0/s1. The van der Waals surface area contributed by atoms with E-state index < -0.39 is 12.1 Å². The zero-order valence-electron chi connectivity index (χ0n) is 16.8. The predicted octanol–water partition coefficient (Wildman–Crippen LogP) is 3.88. The highest BCUT2D eigenvalue weighted by Crippen LogP contribution is 2.28. The number of para-hydroxylation sites is 1. The zero-order chi connectivity index (χ0) is 20.5. The van der Waals surface area contributed by atoms with Crippen LogP contribution in [0.1, 0.15) is 40.0 Å². The van der Waals surface area contributed by atoms with Crippen LogP contribution in [-0.4, -0.2) is 29.1 Å². The van der Waals surface area contributed by atoms with E-state index in [4.69, 9.17) is 9.15 Å². The molecular weight excluding hydrogens is 368 g/mol. The van der Waals surface area contributed by atoms with Crippen molar-refractivity contribution >= 4 is 17.6 Å². The van der Waals surface area contributed by atoms with Crippen LogP contribution >= 0.6 is 0 Å². The van der Waals surface area contributed by atoms with Gasteiger partial charge in [0.25, 0.3) is 5.91 Å². The molecule has 1 aliphatic rings. The van der Waals surface area contributed by atoms with Crippen molar-refractivity contribution in [2.75, 3.05) is 11.4 Å². The molecule has 1 amide bonds. The van der Waals surface area contributed by atoms with Crippen molar-refractivity contribution in [2.24, 2.45) is 0 Å². The van der Waals surface area contributed by atoms with Gasteiger partial charge >= 0.3 is 5.97 Å². The molecular formula is C23H24N2O4. The second-order valence-corrected chi connectivity index (χ2v) is 7.37. The van der Waals surface area contributed by atoms with Gasteiger partial charge in [0, 0.05) is 23.6 Å². The van der Waals surface area contributed by atoms with Crippen LogP contribution in [-0.2, 0) is 22.5 Å². The molecule has 3 aromatic rings. The molecule has 29 heavy (non-hydrogen) atoms. The molecule has 0 bridgehead atoms. The highest BCUT2D eigenvalue weighted by molar-refractivity contribution is 6.00. The number of hydrogen-bond donors (Lipinski definition) is 0. The predicted molar refractivity (Wildman–Crippen MR) is 109 cm³/mol. The third kappa shape index (κ3) is 3.58. The number of amides is 1. The number of hydrogen-bond acceptors (Lipinski definition) is 4. The lowest BCUT2D eigenvalue weighted by Crippen LogP contribution is -2.39. The Balaban J connectivity index is 1.47. The average molecular weight is 392 g/mol. The minimum Gasteiger partial charge on any atom is -0.467 e. The normalized spacial score (nSPS) is 14.0. The topological polar surface area (TPSA) is 64.7 Å². The maximum absolute atomic E-state index is 12.9. The van der Waals surface area contributed by atoms with Crippen molar-refractivity contribution < 1.29 is 18.7 Å². The Morgan fingerprint density at radius 3 is 2.72 bits per heavy atom. The summed E-state index contributed by atoms with van der Waals surface area (Å²) in [6, 6.07) is 13.4. The number of fused-ring (bicyclic) bond motifs is 1. The molecule has 1 aromatic carbocycles. The number of carbonyl (C=O) groups excluding carboxylic acids is 2. The lowest BCUT2D eigenvalue weighted by molar-refractivity contribution is -0.126. The van der Waals surface area contributed by atoms with Gasteiger partial charge in [-0.2, -0.15) is 0 Å². The van der Waals surface area contributed by atoms with Gasteiger partial charge in [-0.3, -0.25) is 4.79 Å². The summed E-state index contributed by atoms with van der Waals surface area (Å²) in [5, 5.41) is 0. The summed E-state index contributed by atoms with van der Waals surface area (Å²) in [6.07, 6.45) is 1.58. The molecule has 6 heteroatoms. The fraction of sp³-hybridized carbons (Fsp3) is 0.304. The number of aromatic nitrogens is 1. The Kier molecular flexibility index (Phi) is 5.01. The largest absolute Gasteiger partial charge is 0.467 e. The van der Waals surface area contributed by atoms with Gasteiger partial charge in [-0.1, -0.05) is 18.2 Å². The second kappa shape index (κ2) is 7.62. The van der Waals surface area contributed by atoms with Gasteiger partial charge in [-0.15, -0.1) is 0 Å². The number of furan rings is 1. The molecule has 2 aromatic heterocycles. The number of benzene rings is 1. The Morgan fingerprint density at radius 1 is 1.17 bits per heavy atom.